The van der Waals surface area contributed by atoms with Crippen molar-refractivity contribution in [1.29, 1.82) is 0 Å². The molecular weight excluding hydrogens is 214 g/mol. The van der Waals surface area contributed by atoms with Gasteiger partial charge in [-0.25, -0.2) is 0 Å². The van der Waals surface area contributed by atoms with Crippen LogP contribution in [-0.4, -0.2) is 19.8 Å². The van der Waals surface area contributed by atoms with Gasteiger partial charge in [-0.15, -0.1) is 6.58 Å². The molecule has 3 heteroatoms. The minimum atomic E-state index is 0.299. The molecule has 1 aromatic rings. The second kappa shape index (κ2) is 6.97. The summed E-state index contributed by atoms with van der Waals surface area (Å²) in [7, 11) is 1.65. The Morgan fingerprint density at radius 2 is 2.18 bits per heavy atom. The number of benzene rings is 1. The van der Waals surface area contributed by atoms with E-state index in [0.717, 1.165) is 18.0 Å². The molecule has 3 nitrogen and oxygen atoms in total. The first-order valence-electron chi connectivity index (χ1n) is 5.87. The Morgan fingerprint density at radius 1 is 1.41 bits per heavy atom. The summed E-state index contributed by atoms with van der Waals surface area (Å²) in [4.78, 5) is 0. The minimum absolute atomic E-state index is 0.299. The highest BCUT2D eigenvalue weighted by molar-refractivity contribution is 5.42. The van der Waals surface area contributed by atoms with Gasteiger partial charge in [-0.2, -0.15) is 0 Å². The van der Waals surface area contributed by atoms with Gasteiger partial charge in [0.1, 0.15) is 0 Å². The smallest absolute Gasteiger partial charge is 0.161 e. The van der Waals surface area contributed by atoms with E-state index < -0.39 is 0 Å². The second-order valence-electron chi connectivity index (χ2n) is 3.82. The summed E-state index contributed by atoms with van der Waals surface area (Å²) in [6.45, 7) is 9.20. The maximum Gasteiger partial charge on any atom is 0.161 e. The summed E-state index contributed by atoms with van der Waals surface area (Å²) in [5.41, 5.74) is 1.17. The summed E-state index contributed by atoms with van der Waals surface area (Å²) in [6.07, 6.45) is 1.88. The van der Waals surface area contributed by atoms with Crippen LogP contribution in [0.25, 0.3) is 0 Å². The lowest BCUT2D eigenvalue weighted by Gasteiger charge is -2.13. The van der Waals surface area contributed by atoms with Gasteiger partial charge < -0.3 is 14.8 Å². The maximum absolute atomic E-state index is 5.53. The predicted molar refractivity (Wildman–Crippen MR) is 70.7 cm³/mol. The van der Waals surface area contributed by atoms with Crippen LogP contribution in [0.15, 0.2) is 30.9 Å². The third-order valence-electron chi connectivity index (χ3n) is 2.51. The van der Waals surface area contributed by atoms with Gasteiger partial charge in [0.15, 0.2) is 11.5 Å². The molecule has 17 heavy (non-hydrogen) atoms. The maximum atomic E-state index is 5.53. The van der Waals surface area contributed by atoms with Crippen LogP contribution in [0.2, 0.25) is 0 Å². The zero-order valence-corrected chi connectivity index (χ0v) is 10.8. The Kier molecular flexibility index (Phi) is 5.57. The van der Waals surface area contributed by atoms with E-state index in [-0.39, 0.29) is 0 Å². The number of hydrogen-bond donors (Lipinski definition) is 1. The first-order valence-corrected chi connectivity index (χ1v) is 5.87. The molecule has 0 aliphatic carbocycles. The number of hydrogen-bond acceptors (Lipinski definition) is 3. The molecule has 0 aromatic heterocycles. The van der Waals surface area contributed by atoms with E-state index in [2.05, 4.69) is 18.8 Å². The van der Waals surface area contributed by atoms with Gasteiger partial charge in [-0.3, -0.25) is 0 Å². The van der Waals surface area contributed by atoms with Gasteiger partial charge in [0.25, 0.3) is 0 Å². The molecule has 1 aromatic carbocycles. The van der Waals surface area contributed by atoms with E-state index in [1.807, 2.05) is 31.2 Å². The average molecular weight is 235 g/mol. The van der Waals surface area contributed by atoms with Gasteiger partial charge in [0.05, 0.1) is 13.7 Å². The summed E-state index contributed by atoms with van der Waals surface area (Å²) >= 11 is 0. The summed E-state index contributed by atoms with van der Waals surface area (Å²) < 4.78 is 10.8. The Morgan fingerprint density at radius 3 is 2.76 bits per heavy atom. The monoisotopic (exact) mass is 235 g/mol. The van der Waals surface area contributed by atoms with Crippen LogP contribution in [0.5, 0.6) is 11.5 Å². The molecule has 1 N–H and O–H groups in total. The molecule has 0 amide bonds. The molecular formula is C14H21NO2. The topological polar surface area (TPSA) is 30.5 Å². The van der Waals surface area contributed by atoms with E-state index >= 15 is 0 Å². The van der Waals surface area contributed by atoms with E-state index in [1.165, 1.54) is 5.56 Å². The average Bonchev–Trinajstić information content (AvgIpc) is 2.36. The van der Waals surface area contributed by atoms with Crippen molar-refractivity contribution >= 4 is 0 Å². The van der Waals surface area contributed by atoms with Gasteiger partial charge in [0, 0.05) is 12.6 Å². The van der Waals surface area contributed by atoms with Crippen molar-refractivity contribution < 1.29 is 9.47 Å². The van der Waals surface area contributed by atoms with Crippen LogP contribution >= 0.6 is 0 Å². The van der Waals surface area contributed by atoms with Crippen molar-refractivity contribution in [3.63, 3.8) is 0 Å². The highest BCUT2D eigenvalue weighted by atomic mass is 16.5. The number of ether oxygens (including phenoxy) is 2. The fourth-order valence-corrected chi connectivity index (χ4v) is 1.46. The van der Waals surface area contributed by atoms with Crippen LogP contribution in [0.4, 0.5) is 0 Å². The zero-order chi connectivity index (χ0) is 12.7. The molecule has 0 saturated carbocycles. The van der Waals surface area contributed by atoms with Crippen LogP contribution in [0.3, 0.4) is 0 Å². The molecule has 0 radical (unpaired) electrons. The van der Waals surface area contributed by atoms with Crippen LogP contribution in [0.1, 0.15) is 19.4 Å². The molecule has 0 spiro atoms. The molecule has 1 unspecified atom stereocenters. The quantitative estimate of drug-likeness (QED) is 0.737. The van der Waals surface area contributed by atoms with Gasteiger partial charge in [0.2, 0.25) is 0 Å². The summed E-state index contributed by atoms with van der Waals surface area (Å²) in [5, 5.41) is 3.34. The fraction of sp³-hybridized carbons (Fsp3) is 0.429. The van der Waals surface area contributed by atoms with E-state index in [4.69, 9.17) is 9.47 Å². The minimum Gasteiger partial charge on any atom is -0.493 e. The molecule has 0 aliphatic rings. The third-order valence-corrected chi connectivity index (χ3v) is 2.51. The van der Waals surface area contributed by atoms with Crippen molar-refractivity contribution in [2.24, 2.45) is 0 Å². The Bertz CT molecular complexity index is 363. The number of nitrogens with one attached hydrogen (secondary N) is 1. The van der Waals surface area contributed by atoms with Gasteiger partial charge >= 0.3 is 0 Å². The van der Waals surface area contributed by atoms with E-state index in [1.54, 1.807) is 7.11 Å². The van der Waals surface area contributed by atoms with Gasteiger partial charge in [-0.05, 0) is 31.5 Å². The van der Waals surface area contributed by atoms with Gasteiger partial charge in [-0.1, -0.05) is 12.1 Å². The SMILES string of the molecule is C=CC(C)NCc1ccc(OC)c(OCC)c1. The normalized spacial score (nSPS) is 11.9. The van der Waals surface area contributed by atoms with Crippen LogP contribution in [0, 0.1) is 0 Å². The lowest BCUT2D eigenvalue weighted by molar-refractivity contribution is 0.310. The predicted octanol–water partition coefficient (Wildman–Crippen LogP) is 2.76. The second-order valence-corrected chi connectivity index (χ2v) is 3.82. The Balaban J connectivity index is 2.73. The Labute approximate surface area is 103 Å². The fourth-order valence-electron chi connectivity index (χ4n) is 1.46. The van der Waals surface area contributed by atoms with Crippen LogP contribution < -0.4 is 14.8 Å². The van der Waals surface area contributed by atoms with Crippen LogP contribution in [-0.2, 0) is 6.54 Å². The van der Waals surface area contributed by atoms with Crippen molar-refractivity contribution in [2.45, 2.75) is 26.4 Å². The highest BCUT2D eigenvalue weighted by Crippen LogP contribution is 2.27. The molecule has 0 aliphatic heterocycles. The summed E-state index contributed by atoms with van der Waals surface area (Å²) in [5.74, 6) is 1.56. The first-order chi connectivity index (χ1) is 8.21. The number of rotatable bonds is 7. The lowest BCUT2D eigenvalue weighted by atomic mass is 10.2. The van der Waals surface area contributed by atoms with E-state index in [9.17, 15) is 0 Å². The highest BCUT2D eigenvalue weighted by Gasteiger charge is 2.05. The largest absolute Gasteiger partial charge is 0.493 e. The molecule has 1 atom stereocenters. The molecule has 0 saturated heterocycles. The first kappa shape index (κ1) is 13.6. The molecule has 0 heterocycles. The van der Waals surface area contributed by atoms with Crippen molar-refractivity contribution in [3.05, 3.63) is 36.4 Å². The van der Waals surface area contributed by atoms with Crippen molar-refractivity contribution in [3.8, 4) is 11.5 Å². The summed E-state index contributed by atoms with van der Waals surface area (Å²) in [6, 6.07) is 6.27. The molecule has 0 fully saturated rings. The zero-order valence-electron chi connectivity index (χ0n) is 10.8. The lowest BCUT2D eigenvalue weighted by Crippen LogP contribution is -2.22. The molecule has 0 bridgehead atoms. The van der Waals surface area contributed by atoms with Crippen molar-refractivity contribution in [2.75, 3.05) is 13.7 Å². The molecule has 94 valence electrons. The molecule has 1 rings (SSSR count). The number of methoxy groups -OCH3 is 1. The van der Waals surface area contributed by atoms with Crippen molar-refractivity contribution in [1.82, 2.24) is 5.32 Å². The standard InChI is InChI=1S/C14H21NO2/c1-5-11(3)15-10-12-7-8-13(16-4)14(9-12)17-6-2/h5,7-9,11,15H,1,6,10H2,2-4H3. The Hall–Kier alpha value is -1.48. The van der Waals surface area contributed by atoms with E-state index in [0.29, 0.717) is 12.6 Å². The third kappa shape index (κ3) is 4.11.